The number of hydrogen-bond donors (Lipinski definition) is 1. The summed E-state index contributed by atoms with van der Waals surface area (Å²) in [5.41, 5.74) is 1.05. The second-order valence-corrected chi connectivity index (χ2v) is 5.69. The minimum Gasteiger partial charge on any atom is -0.481 e. The van der Waals surface area contributed by atoms with Crippen molar-refractivity contribution in [1.29, 1.82) is 0 Å². The number of amides is 1. The first-order chi connectivity index (χ1) is 10.1. The number of ether oxygens (including phenoxy) is 1. The number of carbonyl (C=O) groups is 1. The number of carbonyl (C=O) groups excluding carboxylic acids is 1. The number of benzene rings is 1. The summed E-state index contributed by atoms with van der Waals surface area (Å²) in [6.07, 6.45) is 4.25. The Bertz CT molecular complexity index is 431. The van der Waals surface area contributed by atoms with Crippen molar-refractivity contribution in [2.45, 2.75) is 59.5 Å². The number of rotatable bonds is 9. The van der Waals surface area contributed by atoms with E-state index < -0.39 is 6.10 Å². The third kappa shape index (κ3) is 6.19. The molecule has 1 rings (SSSR count). The zero-order chi connectivity index (χ0) is 15.7. The lowest BCUT2D eigenvalue weighted by molar-refractivity contribution is -0.127. The average Bonchev–Trinajstić information content (AvgIpc) is 2.49. The molecule has 0 fully saturated rings. The van der Waals surface area contributed by atoms with Crippen molar-refractivity contribution in [3.8, 4) is 5.75 Å². The van der Waals surface area contributed by atoms with Crippen LogP contribution in [0.5, 0.6) is 5.75 Å². The number of unbranched alkanes of at least 4 members (excludes halogenated alkanes) is 1. The monoisotopic (exact) mass is 291 g/mol. The fraction of sp³-hybridized carbons (Fsp3) is 0.611. The molecular weight excluding hydrogens is 262 g/mol. The topological polar surface area (TPSA) is 38.3 Å². The Hall–Kier alpha value is -1.51. The molecule has 1 N–H and O–H groups in total. The van der Waals surface area contributed by atoms with Crippen LogP contribution in [0.3, 0.4) is 0 Å². The van der Waals surface area contributed by atoms with Crippen molar-refractivity contribution in [3.05, 3.63) is 29.8 Å². The zero-order valence-corrected chi connectivity index (χ0v) is 13.8. The number of para-hydroxylation sites is 1. The van der Waals surface area contributed by atoms with Gasteiger partial charge in [-0.3, -0.25) is 4.79 Å². The maximum absolute atomic E-state index is 12.1. The van der Waals surface area contributed by atoms with Crippen molar-refractivity contribution in [1.82, 2.24) is 5.32 Å². The van der Waals surface area contributed by atoms with Crippen molar-refractivity contribution in [3.63, 3.8) is 0 Å². The maximum Gasteiger partial charge on any atom is 0.260 e. The average molecular weight is 291 g/mol. The predicted molar refractivity (Wildman–Crippen MR) is 87.6 cm³/mol. The van der Waals surface area contributed by atoms with Crippen LogP contribution < -0.4 is 10.1 Å². The molecule has 0 bridgehead atoms. The standard InChI is InChI=1S/C18H29NO2/c1-5-7-11-16(6-2)13-19-18(20)15(4)21-17-12-9-8-10-14(17)3/h8-10,12,15-16H,5-7,11,13H2,1-4H3,(H,19,20). The van der Waals surface area contributed by atoms with Gasteiger partial charge in [-0.25, -0.2) is 0 Å². The van der Waals surface area contributed by atoms with E-state index in [1.165, 1.54) is 19.3 Å². The first kappa shape index (κ1) is 17.5. The van der Waals surface area contributed by atoms with E-state index in [4.69, 9.17) is 4.74 Å². The maximum atomic E-state index is 12.1. The smallest absolute Gasteiger partial charge is 0.260 e. The van der Waals surface area contributed by atoms with Gasteiger partial charge < -0.3 is 10.1 Å². The molecule has 2 unspecified atom stereocenters. The van der Waals surface area contributed by atoms with Crippen molar-refractivity contribution < 1.29 is 9.53 Å². The summed E-state index contributed by atoms with van der Waals surface area (Å²) in [5.74, 6) is 1.31. The van der Waals surface area contributed by atoms with Gasteiger partial charge in [0.1, 0.15) is 5.75 Å². The number of nitrogens with one attached hydrogen (secondary N) is 1. The van der Waals surface area contributed by atoms with Crippen LogP contribution in [0.25, 0.3) is 0 Å². The summed E-state index contributed by atoms with van der Waals surface area (Å²) in [6.45, 7) is 8.91. The molecule has 118 valence electrons. The minimum absolute atomic E-state index is 0.0341. The second-order valence-electron chi connectivity index (χ2n) is 5.69. The van der Waals surface area contributed by atoms with E-state index in [0.717, 1.165) is 24.3 Å². The summed E-state index contributed by atoms with van der Waals surface area (Å²) < 4.78 is 5.74. The van der Waals surface area contributed by atoms with E-state index in [-0.39, 0.29) is 5.91 Å². The van der Waals surface area contributed by atoms with E-state index in [9.17, 15) is 4.79 Å². The molecule has 0 spiro atoms. The van der Waals surface area contributed by atoms with Gasteiger partial charge in [0.25, 0.3) is 5.91 Å². The highest BCUT2D eigenvalue weighted by molar-refractivity contribution is 5.80. The molecule has 3 nitrogen and oxygen atoms in total. The molecule has 1 amide bonds. The quantitative estimate of drug-likeness (QED) is 0.744. The first-order valence-corrected chi connectivity index (χ1v) is 8.08. The summed E-state index contributed by atoms with van der Waals surface area (Å²) in [5, 5.41) is 3.02. The highest BCUT2D eigenvalue weighted by Gasteiger charge is 2.16. The van der Waals surface area contributed by atoms with Crippen molar-refractivity contribution in [2.75, 3.05) is 6.54 Å². The van der Waals surface area contributed by atoms with Crippen molar-refractivity contribution >= 4 is 5.91 Å². The molecule has 3 heteroatoms. The third-order valence-electron chi connectivity index (χ3n) is 3.87. The van der Waals surface area contributed by atoms with Crippen molar-refractivity contribution in [2.24, 2.45) is 5.92 Å². The van der Waals surface area contributed by atoms with Crippen LogP contribution in [0, 0.1) is 12.8 Å². The molecule has 21 heavy (non-hydrogen) atoms. The lowest BCUT2D eigenvalue weighted by Crippen LogP contribution is -2.38. The predicted octanol–water partition coefficient (Wildman–Crippen LogP) is 4.09. The van der Waals surface area contributed by atoms with Crippen LogP contribution in [0.1, 0.15) is 52.0 Å². The van der Waals surface area contributed by atoms with Gasteiger partial charge in [-0.05, 0) is 37.8 Å². The van der Waals surface area contributed by atoms with Gasteiger partial charge in [0.15, 0.2) is 6.10 Å². The van der Waals surface area contributed by atoms with Gasteiger partial charge in [-0.15, -0.1) is 0 Å². The van der Waals surface area contributed by atoms with E-state index >= 15 is 0 Å². The van der Waals surface area contributed by atoms with Crippen LogP contribution in [0.15, 0.2) is 24.3 Å². The Labute approximate surface area is 129 Å². The van der Waals surface area contributed by atoms with Crippen LogP contribution >= 0.6 is 0 Å². The Morgan fingerprint density at radius 3 is 2.62 bits per heavy atom. The van der Waals surface area contributed by atoms with Gasteiger partial charge in [0, 0.05) is 6.54 Å². The highest BCUT2D eigenvalue weighted by Crippen LogP contribution is 2.18. The van der Waals surface area contributed by atoms with Crippen LogP contribution in [0.2, 0.25) is 0 Å². The van der Waals surface area contributed by atoms with Gasteiger partial charge in [-0.1, -0.05) is 51.3 Å². The molecule has 0 radical (unpaired) electrons. The molecule has 0 aliphatic rings. The first-order valence-electron chi connectivity index (χ1n) is 8.08. The SMILES string of the molecule is CCCCC(CC)CNC(=O)C(C)Oc1ccccc1C. The molecule has 0 aliphatic heterocycles. The Morgan fingerprint density at radius 1 is 1.29 bits per heavy atom. The number of aryl methyl sites for hydroxylation is 1. The largest absolute Gasteiger partial charge is 0.481 e. The Morgan fingerprint density at radius 2 is 2.00 bits per heavy atom. The summed E-state index contributed by atoms with van der Waals surface area (Å²) >= 11 is 0. The molecule has 1 aromatic carbocycles. The Kier molecular flexibility index (Phi) is 7.88. The molecule has 0 aromatic heterocycles. The highest BCUT2D eigenvalue weighted by atomic mass is 16.5. The summed E-state index contributed by atoms with van der Waals surface area (Å²) in [4.78, 5) is 12.1. The fourth-order valence-corrected chi connectivity index (χ4v) is 2.26. The van der Waals surface area contributed by atoms with E-state index in [2.05, 4.69) is 19.2 Å². The molecule has 0 aliphatic carbocycles. The number of hydrogen-bond acceptors (Lipinski definition) is 2. The van der Waals surface area contributed by atoms with Gasteiger partial charge in [0.2, 0.25) is 0 Å². The van der Waals surface area contributed by atoms with Crippen LogP contribution in [-0.4, -0.2) is 18.6 Å². The fourth-order valence-electron chi connectivity index (χ4n) is 2.26. The van der Waals surface area contributed by atoms with E-state index in [1.54, 1.807) is 6.92 Å². The molecular formula is C18H29NO2. The van der Waals surface area contributed by atoms with Gasteiger partial charge in [-0.2, -0.15) is 0 Å². The molecule has 0 saturated heterocycles. The van der Waals surface area contributed by atoms with Crippen LogP contribution in [-0.2, 0) is 4.79 Å². The second kappa shape index (κ2) is 9.43. The van der Waals surface area contributed by atoms with E-state index in [1.807, 2.05) is 31.2 Å². The molecule has 2 atom stereocenters. The van der Waals surface area contributed by atoms with Gasteiger partial charge >= 0.3 is 0 Å². The molecule has 0 saturated carbocycles. The Balaban J connectivity index is 2.42. The van der Waals surface area contributed by atoms with Gasteiger partial charge in [0.05, 0.1) is 0 Å². The lowest BCUT2D eigenvalue weighted by Gasteiger charge is -2.19. The molecule has 1 aromatic rings. The summed E-state index contributed by atoms with van der Waals surface area (Å²) in [7, 11) is 0. The zero-order valence-electron chi connectivity index (χ0n) is 13.8. The normalized spacial score (nSPS) is 13.5. The minimum atomic E-state index is -0.463. The third-order valence-corrected chi connectivity index (χ3v) is 3.87. The summed E-state index contributed by atoms with van der Waals surface area (Å²) in [6, 6.07) is 7.77. The van der Waals surface area contributed by atoms with Crippen LogP contribution in [0.4, 0.5) is 0 Å². The van der Waals surface area contributed by atoms with E-state index in [0.29, 0.717) is 5.92 Å². The lowest BCUT2D eigenvalue weighted by atomic mass is 9.99. The molecule has 0 heterocycles.